The smallest absolute Gasteiger partial charge is 0.160 e. The Balaban J connectivity index is 0.000000106. The first-order valence-corrected chi connectivity index (χ1v) is 40.5. The van der Waals surface area contributed by atoms with Gasteiger partial charge in [-0.05, 0) is 193 Å². The molecule has 6 nitrogen and oxygen atoms in total. The van der Waals surface area contributed by atoms with Gasteiger partial charge in [0.05, 0.1) is 44.8 Å². The van der Waals surface area contributed by atoms with Crippen molar-refractivity contribution in [2.75, 3.05) is 0 Å². The molecular weight excluding hydrogens is 1420 g/mol. The van der Waals surface area contributed by atoms with Gasteiger partial charge in [0.25, 0.3) is 0 Å². The molecule has 24 rings (SSSR count). The van der Waals surface area contributed by atoms with Crippen molar-refractivity contribution in [3.8, 4) is 101 Å². The molecule has 0 saturated heterocycles. The summed E-state index contributed by atoms with van der Waals surface area (Å²) >= 11 is 0. The predicted molar refractivity (Wildman–Crippen MR) is 489 cm³/mol. The van der Waals surface area contributed by atoms with Gasteiger partial charge >= 0.3 is 0 Å². The molecule has 0 aliphatic heterocycles. The van der Waals surface area contributed by atoms with Crippen LogP contribution in [0.3, 0.4) is 0 Å². The van der Waals surface area contributed by atoms with Crippen LogP contribution in [0.5, 0.6) is 0 Å². The predicted octanol–water partition coefficient (Wildman–Crippen LogP) is 28.7. The summed E-state index contributed by atoms with van der Waals surface area (Å²) in [4.78, 5) is 31.4. The molecule has 552 valence electrons. The highest BCUT2D eigenvalue weighted by molar-refractivity contribution is 6.14. The molecule has 0 bridgehead atoms. The zero-order valence-corrected chi connectivity index (χ0v) is 65.8. The molecule has 3 aliphatic rings. The summed E-state index contributed by atoms with van der Waals surface area (Å²) in [5.41, 5.74) is 29.8. The number of hydrogen-bond donors (Lipinski definition) is 0. The van der Waals surface area contributed by atoms with Gasteiger partial charge in [0, 0.05) is 71.2 Å². The molecule has 0 saturated carbocycles. The van der Waals surface area contributed by atoms with Crippen LogP contribution in [0.25, 0.3) is 199 Å². The molecule has 3 aliphatic carbocycles. The highest BCUT2D eigenvalue weighted by Gasteiger charge is 2.40. The minimum atomic E-state index is -0.116. The second-order valence-electron chi connectivity index (χ2n) is 33.2. The quantitative estimate of drug-likeness (QED) is 0.154. The fraction of sp³-hybridized carbons (Fsp3) is 0.0811. The Labute approximate surface area is 679 Å². The molecule has 0 fully saturated rings. The number of rotatable bonds is 6. The van der Waals surface area contributed by atoms with E-state index in [0.717, 1.165) is 111 Å². The van der Waals surface area contributed by atoms with Gasteiger partial charge < -0.3 is 0 Å². The average molecular weight is 1500 g/mol. The largest absolute Gasteiger partial charge is 0.244 e. The minimum absolute atomic E-state index is 0.111. The summed E-state index contributed by atoms with van der Waals surface area (Å²) < 4.78 is 0. The Morgan fingerprint density at radius 3 is 0.991 bits per heavy atom. The molecule has 0 atom stereocenters. The maximum absolute atomic E-state index is 5.35. The van der Waals surface area contributed by atoms with Crippen LogP contribution in [0.2, 0.25) is 0 Å². The number of hydrogen-bond acceptors (Lipinski definition) is 6. The SMILES string of the molecule is CC1(C)c2cc(-c3nc(-c4ccccc4)c4c(ccc5ccccc54)n3)ccc2-c2cc3ccccc3cc21.CC1(C)c2cc(-c3nc(-c4ccccc4)c4ccc5ccccc5c4n3)ccc2-c2cc3ccccc3cc21.CC1(C)c2cc(-c3nc4c(ccc5ccccc54)nc3-c3ccccc3)ccc2-c2cc3ccccc3cc21. The van der Waals surface area contributed by atoms with Gasteiger partial charge in [-0.1, -0.05) is 333 Å². The fourth-order valence-corrected chi connectivity index (χ4v) is 19.1. The topological polar surface area (TPSA) is 77.3 Å². The number of aromatic nitrogens is 6. The molecule has 0 radical (unpaired) electrons. The van der Waals surface area contributed by atoms with Crippen LogP contribution in [0.1, 0.15) is 74.9 Å². The van der Waals surface area contributed by atoms with E-state index in [1.807, 2.05) is 12.1 Å². The van der Waals surface area contributed by atoms with Crippen molar-refractivity contribution in [2.24, 2.45) is 0 Å². The van der Waals surface area contributed by atoms with Gasteiger partial charge in [0.15, 0.2) is 11.6 Å². The molecule has 0 amide bonds. The molecule has 3 heterocycles. The molecule has 0 N–H and O–H groups in total. The molecule has 21 aromatic rings. The van der Waals surface area contributed by atoms with Gasteiger partial charge in [-0.15, -0.1) is 0 Å². The third-order valence-corrected chi connectivity index (χ3v) is 25.3. The van der Waals surface area contributed by atoms with Gasteiger partial charge in [-0.3, -0.25) is 0 Å². The van der Waals surface area contributed by atoms with E-state index in [1.54, 1.807) is 0 Å². The fourth-order valence-electron chi connectivity index (χ4n) is 19.1. The van der Waals surface area contributed by atoms with Crippen LogP contribution in [0.15, 0.2) is 364 Å². The van der Waals surface area contributed by atoms with E-state index in [4.69, 9.17) is 29.9 Å². The van der Waals surface area contributed by atoms with Crippen molar-refractivity contribution in [3.63, 3.8) is 0 Å². The standard InChI is InChI=1S/3C37H26N2/c1-37(2)32-22-27(17-18-29(32)31-20-25-13-6-7-14-26(25)21-33(31)37)36-38-34(24-11-4-3-5-12-24)30-19-16-23-10-8-9-15-28(23)35(30)39-36;1-37(2)31-22-27(16-18-29(31)30-20-25-13-6-7-14-26(25)21-32(30)37)36-38-33-19-17-23-10-8-9-15-28(23)34(33)35(39-36)24-11-4-3-5-12-24;1-37(2)31-22-27(16-18-29(31)30-20-25-13-6-7-14-26(25)21-32(30)37)35-34(24-11-4-3-5-12-24)38-33-19-17-23-10-8-9-15-28(23)36(33)39-35/h3*3-22H,1-2H3. The second kappa shape index (κ2) is 26.8. The normalized spacial score (nSPS) is 13.6. The van der Waals surface area contributed by atoms with Gasteiger partial charge in [0.1, 0.15) is 0 Å². The van der Waals surface area contributed by atoms with Crippen LogP contribution in [0.4, 0.5) is 0 Å². The van der Waals surface area contributed by atoms with E-state index in [1.165, 1.54) is 121 Å². The van der Waals surface area contributed by atoms with Crippen molar-refractivity contribution in [1.29, 1.82) is 0 Å². The zero-order chi connectivity index (χ0) is 78.4. The lowest BCUT2D eigenvalue weighted by molar-refractivity contribution is 0.661. The number of fused-ring (bicyclic) bond motifs is 21. The molecule has 0 spiro atoms. The number of benzene rings is 18. The lowest BCUT2D eigenvalue weighted by Gasteiger charge is -2.22. The Bertz CT molecular complexity index is 7710. The Morgan fingerprint density at radius 1 is 0.179 bits per heavy atom. The first-order chi connectivity index (χ1) is 57.2. The van der Waals surface area contributed by atoms with Crippen LogP contribution in [-0.2, 0) is 16.2 Å². The maximum Gasteiger partial charge on any atom is 0.160 e. The Hall–Kier alpha value is -14.5. The molecule has 18 aromatic carbocycles. The van der Waals surface area contributed by atoms with E-state index in [9.17, 15) is 0 Å². The summed E-state index contributed by atoms with van der Waals surface area (Å²) in [6.07, 6.45) is 0. The van der Waals surface area contributed by atoms with Crippen molar-refractivity contribution in [3.05, 3.63) is 397 Å². The monoisotopic (exact) mass is 1490 g/mol. The van der Waals surface area contributed by atoms with E-state index in [-0.39, 0.29) is 16.2 Å². The van der Waals surface area contributed by atoms with E-state index < -0.39 is 0 Å². The highest BCUT2D eigenvalue weighted by Crippen LogP contribution is 2.55. The first-order valence-electron chi connectivity index (χ1n) is 40.5. The average Bonchev–Trinajstić information content (AvgIpc) is 1.58. The minimum Gasteiger partial charge on any atom is -0.244 e. The summed E-state index contributed by atoms with van der Waals surface area (Å²) in [6, 6.07) is 130. The van der Waals surface area contributed by atoms with Gasteiger partial charge in [-0.25, -0.2) is 29.9 Å². The van der Waals surface area contributed by atoms with Crippen LogP contribution >= 0.6 is 0 Å². The lowest BCUT2D eigenvalue weighted by atomic mass is 9.81. The van der Waals surface area contributed by atoms with Gasteiger partial charge in [-0.2, -0.15) is 0 Å². The summed E-state index contributed by atoms with van der Waals surface area (Å²) in [5.74, 6) is 1.52. The summed E-state index contributed by atoms with van der Waals surface area (Å²) in [7, 11) is 0. The third kappa shape index (κ3) is 11.4. The zero-order valence-electron chi connectivity index (χ0n) is 65.8. The van der Waals surface area contributed by atoms with E-state index in [2.05, 4.69) is 393 Å². The van der Waals surface area contributed by atoms with Crippen LogP contribution in [0, 0.1) is 0 Å². The summed E-state index contributed by atoms with van der Waals surface area (Å²) in [5, 5.41) is 16.9. The third-order valence-electron chi connectivity index (χ3n) is 25.3. The van der Waals surface area contributed by atoms with Crippen molar-refractivity contribution in [1.82, 2.24) is 29.9 Å². The van der Waals surface area contributed by atoms with Crippen LogP contribution in [-0.4, -0.2) is 29.9 Å². The van der Waals surface area contributed by atoms with Crippen molar-refractivity contribution in [2.45, 2.75) is 57.8 Å². The van der Waals surface area contributed by atoms with Gasteiger partial charge in [0.2, 0.25) is 0 Å². The number of nitrogens with zero attached hydrogens (tertiary/aromatic N) is 6. The molecule has 117 heavy (non-hydrogen) atoms. The lowest BCUT2D eigenvalue weighted by Crippen LogP contribution is -2.15. The highest BCUT2D eigenvalue weighted by atomic mass is 14.9. The maximum atomic E-state index is 5.35. The Kier molecular flexibility index (Phi) is 15.9. The van der Waals surface area contributed by atoms with E-state index >= 15 is 0 Å². The molecule has 3 aromatic heterocycles. The Morgan fingerprint density at radius 2 is 0.513 bits per heavy atom. The molecular formula is C111H78N6. The van der Waals surface area contributed by atoms with Crippen molar-refractivity contribution >= 4 is 97.5 Å². The second-order valence-corrected chi connectivity index (χ2v) is 33.2. The summed E-state index contributed by atoms with van der Waals surface area (Å²) in [6.45, 7) is 14.0. The first kappa shape index (κ1) is 69.3. The molecule has 0 unspecified atom stereocenters. The van der Waals surface area contributed by atoms with E-state index in [0.29, 0.717) is 0 Å². The van der Waals surface area contributed by atoms with Crippen molar-refractivity contribution < 1.29 is 0 Å². The molecule has 6 heteroatoms. The van der Waals surface area contributed by atoms with Crippen LogP contribution < -0.4 is 0 Å².